The first-order chi connectivity index (χ1) is 20.7. The van der Waals surface area contributed by atoms with Crippen LogP contribution in [-0.4, -0.2) is 71.6 Å². The number of amidine groups is 1. The number of piperidine rings is 1. The number of hydrogen-bond acceptors (Lipinski definition) is 6. The van der Waals surface area contributed by atoms with Crippen molar-refractivity contribution >= 4 is 23.9 Å². The number of likely N-dealkylation sites (tertiary alicyclic amines) is 2. The van der Waals surface area contributed by atoms with Crippen LogP contribution >= 0.6 is 0 Å². The first-order valence-electron chi connectivity index (χ1n) is 15.8. The normalized spacial score (nSPS) is 19.3. The van der Waals surface area contributed by atoms with Crippen molar-refractivity contribution in [1.82, 2.24) is 15.1 Å². The van der Waals surface area contributed by atoms with Crippen LogP contribution in [0.1, 0.15) is 90.8 Å². The van der Waals surface area contributed by atoms with Gasteiger partial charge in [-0.3, -0.25) is 4.79 Å². The number of urea groups is 1. The van der Waals surface area contributed by atoms with Crippen LogP contribution in [0, 0.1) is 36.0 Å². The summed E-state index contributed by atoms with van der Waals surface area (Å²) in [5.74, 6) is 1.68. The quantitative estimate of drug-likeness (QED) is 0.283. The lowest BCUT2D eigenvalue weighted by molar-refractivity contribution is -0.133. The second kappa shape index (κ2) is 15.3. The second-order valence-electron chi connectivity index (χ2n) is 13.3. The summed E-state index contributed by atoms with van der Waals surface area (Å²) in [6, 6.07) is 5.93. The van der Waals surface area contributed by atoms with Gasteiger partial charge in [-0.25, -0.2) is 9.59 Å². The monoisotopic (exact) mass is 610 g/mol. The van der Waals surface area contributed by atoms with E-state index in [4.69, 9.17) is 15.2 Å². The third-order valence-corrected chi connectivity index (χ3v) is 8.42. The van der Waals surface area contributed by atoms with E-state index < -0.39 is 23.8 Å². The number of hydrogen-bond donors (Lipinski definition) is 2. The molecule has 1 aromatic carbocycles. The summed E-state index contributed by atoms with van der Waals surface area (Å²) in [7, 11) is 0. The Labute approximate surface area is 262 Å². The number of aliphatic imine (C=N–C) groups is 1. The predicted molar refractivity (Wildman–Crippen MR) is 169 cm³/mol. The molecule has 0 spiro atoms. The summed E-state index contributed by atoms with van der Waals surface area (Å²) in [6.07, 6.45) is 3.37. The van der Waals surface area contributed by atoms with E-state index in [1.165, 1.54) is 0 Å². The highest BCUT2D eigenvalue weighted by Crippen LogP contribution is 2.30. The van der Waals surface area contributed by atoms with Crippen molar-refractivity contribution < 1.29 is 23.9 Å². The lowest BCUT2D eigenvalue weighted by Crippen LogP contribution is -2.46. The first-order valence-corrected chi connectivity index (χ1v) is 15.8. The van der Waals surface area contributed by atoms with E-state index in [-0.39, 0.29) is 17.9 Å². The summed E-state index contributed by atoms with van der Waals surface area (Å²) < 4.78 is 11.5. The second-order valence-corrected chi connectivity index (χ2v) is 13.3. The maximum atomic E-state index is 13.6. The number of rotatable bonds is 9. The molecule has 2 heterocycles. The van der Waals surface area contributed by atoms with Gasteiger partial charge in [0, 0.05) is 25.6 Å². The van der Waals surface area contributed by atoms with Gasteiger partial charge in [-0.05, 0) is 94.9 Å². The number of carbonyl (C=O) groups is 3. The molecule has 0 unspecified atom stereocenters. The number of benzene rings is 1. The van der Waals surface area contributed by atoms with E-state index in [2.05, 4.69) is 23.3 Å². The largest absolute Gasteiger partial charge is 0.494 e. The zero-order chi connectivity index (χ0) is 32.6. The zero-order valence-electron chi connectivity index (χ0n) is 27.4. The summed E-state index contributed by atoms with van der Waals surface area (Å²) in [5.41, 5.74) is 6.55. The standard InChI is InChI=1S/C33H50N6O5/c1-21(2)29(35)37-31(41)38-16-12-24(13-17-38)22(3)14-18-43-26-10-11-27(23(4)19-26)28(36-32(42)44-33(5,6)7)30(40)39-15-8-9-25(39)20-34/h10-11,19,21-22,24-25,28H,8-9,12-18H2,1-7H3,(H,36,42)(H2,35,37,41)/t22-,25+,28+/m1/s1. The summed E-state index contributed by atoms with van der Waals surface area (Å²) >= 11 is 0. The van der Waals surface area contributed by atoms with Gasteiger partial charge >= 0.3 is 12.1 Å². The molecule has 3 N–H and O–H groups in total. The molecule has 44 heavy (non-hydrogen) atoms. The van der Waals surface area contributed by atoms with E-state index in [1.807, 2.05) is 32.9 Å². The van der Waals surface area contributed by atoms with Crippen LogP contribution in [-0.2, 0) is 9.53 Å². The Morgan fingerprint density at radius 1 is 1.14 bits per heavy atom. The highest BCUT2D eigenvalue weighted by Gasteiger charge is 2.36. The number of nitriles is 1. The third-order valence-electron chi connectivity index (χ3n) is 8.42. The minimum atomic E-state index is -0.988. The Balaban J connectivity index is 1.59. The molecule has 2 aliphatic rings. The van der Waals surface area contributed by atoms with Crippen LogP contribution in [0.5, 0.6) is 5.75 Å². The molecule has 3 rings (SSSR count). The Hall–Kier alpha value is -3.81. The van der Waals surface area contributed by atoms with E-state index in [9.17, 15) is 19.6 Å². The fourth-order valence-corrected chi connectivity index (χ4v) is 5.66. The lowest BCUT2D eigenvalue weighted by Gasteiger charge is -2.34. The fraction of sp³-hybridized carbons (Fsp3) is 0.667. The van der Waals surface area contributed by atoms with Gasteiger partial charge in [0.25, 0.3) is 5.91 Å². The van der Waals surface area contributed by atoms with Gasteiger partial charge in [0.15, 0.2) is 0 Å². The topological polar surface area (TPSA) is 150 Å². The molecule has 2 saturated heterocycles. The van der Waals surface area contributed by atoms with Crippen LogP contribution in [0.15, 0.2) is 23.2 Å². The number of carbonyl (C=O) groups excluding carboxylic acids is 3. The highest BCUT2D eigenvalue weighted by atomic mass is 16.6. The number of nitrogens with one attached hydrogen (secondary N) is 1. The van der Waals surface area contributed by atoms with E-state index >= 15 is 0 Å². The molecule has 242 valence electrons. The molecular weight excluding hydrogens is 560 g/mol. The molecule has 0 bridgehead atoms. The van der Waals surface area contributed by atoms with Gasteiger partial charge in [-0.1, -0.05) is 26.8 Å². The highest BCUT2D eigenvalue weighted by molar-refractivity contribution is 5.93. The maximum Gasteiger partial charge on any atom is 0.408 e. The molecule has 11 nitrogen and oxygen atoms in total. The van der Waals surface area contributed by atoms with Gasteiger partial charge in [-0.2, -0.15) is 10.3 Å². The van der Waals surface area contributed by atoms with Crippen molar-refractivity contribution in [2.75, 3.05) is 26.2 Å². The van der Waals surface area contributed by atoms with Crippen molar-refractivity contribution in [3.63, 3.8) is 0 Å². The smallest absolute Gasteiger partial charge is 0.408 e. The average molecular weight is 611 g/mol. The maximum absolute atomic E-state index is 13.6. The first kappa shape index (κ1) is 34.7. The number of nitrogens with zero attached hydrogens (tertiary/aromatic N) is 4. The number of ether oxygens (including phenoxy) is 2. The van der Waals surface area contributed by atoms with Crippen LogP contribution in [0.3, 0.4) is 0 Å². The molecule has 0 aromatic heterocycles. The molecule has 0 saturated carbocycles. The van der Waals surface area contributed by atoms with Gasteiger partial charge in [0.2, 0.25) is 0 Å². The molecule has 2 aliphatic heterocycles. The van der Waals surface area contributed by atoms with E-state index in [0.717, 1.165) is 31.2 Å². The Morgan fingerprint density at radius 2 is 1.82 bits per heavy atom. The van der Waals surface area contributed by atoms with Crippen LogP contribution < -0.4 is 15.8 Å². The molecule has 2 fully saturated rings. The van der Waals surface area contributed by atoms with Crippen molar-refractivity contribution in [3.05, 3.63) is 29.3 Å². The summed E-state index contributed by atoms with van der Waals surface area (Å²) in [6.45, 7) is 15.6. The van der Waals surface area contributed by atoms with Crippen molar-refractivity contribution in [2.45, 2.75) is 98.3 Å². The third kappa shape index (κ3) is 9.60. The molecule has 4 amide bonds. The molecular formula is C33H50N6O5. The minimum Gasteiger partial charge on any atom is -0.494 e. The van der Waals surface area contributed by atoms with Crippen molar-refractivity contribution in [3.8, 4) is 11.8 Å². The number of aryl methyl sites for hydroxylation is 1. The van der Waals surface area contributed by atoms with E-state index in [0.29, 0.717) is 61.6 Å². The summed E-state index contributed by atoms with van der Waals surface area (Å²) in [5, 5.41) is 12.3. The number of alkyl carbamates (subject to hydrolysis) is 1. The Kier molecular flexibility index (Phi) is 12.0. The predicted octanol–water partition coefficient (Wildman–Crippen LogP) is 5.33. The minimum absolute atomic E-state index is 0.0430. The van der Waals surface area contributed by atoms with Crippen molar-refractivity contribution in [1.29, 1.82) is 5.26 Å². The Morgan fingerprint density at radius 3 is 2.41 bits per heavy atom. The van der Waals surface area contributed by atoms with Gasteiger partial charge < -0.3 is 30.3 Å². The van der Waals surface area contributed by atoms with E-state index in [1.54, 1.807) is 36.6 Å². The molecule has 3 atom stereocenters. The molecule has 0 aliphatic carbocycles. The van der Waals surface area contributed by atoms with Gasteiger partial charge in [0.1, 0.15) is 29.3 Å². The SMILES string of the molecule is Cc1cc(OCC[C@@H](C)C2CCN(C(=O)N=C(N)C(C)C)CC2)ccc1[C@H](NC(=O)OC(C)(C)C)C(=O)N1CCC[C@H]1C#N. The summed E-state index contributed by atoms with van der Waals surface area (Å²) in [4.78, 5) is 46.1. The van der Waals surface area contributed by atoms with Crippen LogP contribution in [0.25, 0.3) is 0 Å². The van der Waals surface area contributed by atoms with Gasteiger partial charge in [0.05, 0.1) is 12.7 Å². The van der Waals surface area contributed by atoms with Crippen molar-refractivity contribution in [2.24, 2.45) is 28.5 Å². The number of nitrogens with two attached hydrogens (primary N) is 1. The fourth-order valence-electron chi connectivity index (χ4n) is 5.66. The van der Waals surface area contributed by atoms with Crippen LogP contribution in [0.4, 0.5) is 9.59 Å². The Bertz CT molecular complexity index is 1240. The van der Waals surface area contributed by atoms with Crippen LogP contribution in [0.2, 0.25) is 0 Å². The molecule has 1 aromatic rings. The zero-order valence-corrected chi connectivity index (χ0v) is 27.4. The molecule has 0 radical (unpaired) electrons. The molecule has 11 heteroatoms. The van der Waals surface area contributed by atoms with Gasteiger partial charge in [-0.15, -0.1) is 0 Å². The lowest BCUT2D eigenvalue weighted by atomic mass is 9.84. The average Bonchev–Trinajstić information content (AvgIpc) is 3.44. The number of amides is 4.